The van der Waals surface area contributed by atoms with E-state index < -0.39 is 5.97 Å². The number of halogens is 1. The summed E-state index contributed by atoms with van der Waals surface area (Å²) in [6.45, 7) is 1.02. The number of piperidine rings is 1. The van der Waals surface area contributed by atoms with Crippen molar-refractivity contribution in [2.75, 3.05) is 6.54 Å². The van der Waals surface area contributed by atoms with Crippen molar-refractivity contribution in [3.05, 3.63) is 34.9 Å². The zero-order valence-electron chi connectivity index (χ0n) is 11.0. The molecule has 0 saturated carbocycles. The number of hydrogen-bond donors (Lipinski definition) is 2. The fraction of sp³-hybridized carbons (Fsp3) is 0.429. The third-order valence-electron chi connectivity index (χ3n) is 3.72. The first-order valence-corrected chi connectivity index (χ1v) is 7.16. The van der Waals surface area contributed by atoms with Crippen LogP contribution in [0.3, 0.4) is 0 Å². The van der Waals surface area contributed by atoms with E-state index >= 15 is 0 Å². The molecule has 2 aromatic rings. The number of carboxylic acid groups (broad SMARTS) is 1. The average molecular weight is 294 g/mol. The van der Waals surface area contributed by atoms with Gasteiger partial charge in [0.15, 0.2) is 5.69 Å². The van der Waals surface area contributed by atoms with Gasteiger partial charge in [0.1, 0.15) is 5.82 Å². The number of aromatic carboxylic acids is 1. The lowest BCUT2D eigenvalue weighted by atomic mass is 10.0. The molecule has 1 saturated heterocycles. The van der Waals surface area contributed by atoms with Crippen molar-refractivity contribution in [2.24, 2.45) is 0 Å². The molecule has 5 nitrogen and oxygen atoms in total. The van der Waals surface area contributed by atoms with Crippen LogP contribution in [0.2, 0.25) is 5.02 Å². The Kier molecular flexibility index (Phi) is 3.63. The summed E-state index contributed by atoms with van der Waals surface area (Å²) in [6.07, 6.45) is 6.03. The molecule has 20 heavy (non-hydrogen) atoms. The predicted octanol–water partition coefficient (Wildman–Crippen LogP) is 2.37. The molecular weight excluding hydrogens is 278 g/mol. The summed E-state index contributed by atoms with van der Waals surface area (Å²) < 4.78 is 1.83. The molecule has 0 aliphatic carbocycles. The van der Waals surface area contributed by atoms with Gasteiger partial charge in [0, 0.05) is 23.7 Å². The average Bonchev–Trinajstić information content (AvgIpc) is 2.78. The lowest BCUT2D eigenvalue weighted by Gasteiger charge is -2.22. The van der Waals surface area contributed by atoms with Crippen molar-refractivity contribution in [1.82, 2.24) is 14.7 Å². The third-order valence-corrected chi connectivity index (χ3v) is 3.96. The highest BCUT2D eigenvalue weighted by Gasteiger charge is 2.20. The first kappa shape index (κ1) is 13.4. The van der Waals surface area contributed by atoms with Crippen LogP contribution in [-0.2, 0) is 6.42 Å². The smallest absolute Gasteiger partial charge is 0.356 e. The van der Waals surface area contributed by atoms with Crippen LogP contribution in [0.5, 0.6) is 0 Å². The Hall–Kier alpha value is -1.59. The van der Waals surface area contributed by atoms with E-state index in [1.165, 1.54) is 12.8 Å². The zero-order chi connectivity index (χ0) is 14.1. The maximum atomic E-state index is 11.3. The second-order valence-electron chi connectivity index (χ2n) is 5.13. The summed E-state index contributed by atoms with van der Waals surface area (Å²) in [5, 5.41) is 13.2. The normalized spacial score (nSPS) is 19.4. The Morgan fingerprint density at radius 3 is 3.10 bits per heavy atom. The Bertz CT molecular complexity index is 647. The summed E-state index contributed by atoms with van der Waals surface area (Å²) in [5.41, 5.74) is 0.620. The van der Waals surface area contributed by atoms with E-state index in [0.29, 0.717) is 16.6 Å². The van der Waals surface area contributed by atoms with Crippen molar-refractivity contribution in [1.29, 1.82) is 0 Å². The van der Waals surface area contributed by atoms with E-state index in [2.05, 4.69) is 10.3 Å². The number of nitrogens with zero attached hydrogens (tertiary/aromatic N) is 2. The van der Waals surface area contributed by atoms with E-state index in [-0.39, 0.29) is 5.69 Å². The van der Waals surface area contributed by atoms with Crippen molar-refractivity contribution in [2.45, 2.75) is 31.7 Å². The minimum absolute atomic E-state index is 0.0679. The molecule has 2 N–H and O–H groups in total. The first-order valence-electron chi connectivity index (χ1n) is 6.78. The minimum atomic E-state index is -1.02. The van der Waals surface area contributed by atoms with Gasteiger partial charge in [-0.1, -0.05) is 18.0 Å². The van der Waals surface area contributed by atoms with E-state index in [4.69, 9.17) is 11.6 Å². The zero-order valence-corrected chi connectivity index (χ0v) is 11.7. The van der Waals surface area contributed by atoms with Crippen molar-refractivity contribution >= 4 is 23.1 Å². The standard InChI is InChI=1S/C14H16ClN3O2/c15-9-4-6-18-11(7-9)13(14(19)20)17-12(18)8-10-3-1-2-5-16-10/h4,6-7,10,16H,1-3,5,8H2,(H,19,20). The number of rotatable bonds is 3. The maximum Gasteiger partial charge on any atom is 0.356 e. The van der Waals surface area contributed by atoms with Gasteiger partial charge < -0.3 is 14.8 Å². The first-order chi connectivity index (χ1) is 9.65. The van der Waals surface area contributed by atoms with Crippen LogP contribution in [0.4, 0.5) is 0 Å². The monoisotopic (exact) mass is 293 g/mol. The summed E-state index contributed by atoms with van der Waals surface area (Å²) in [7, 11) is 0. The Labute approximate surface area is 121 Å². The molecule has 2 aromatic heterocycles. The van der Waals surface area contributed by atoms with Crippen molar-refractivity contribution in [3.63, 3.8) is 0 Å². The topological polar surface area (TPSA) is 66.6 Å². The number of hydrogen-bond acceptors (Lipinski definition) is 3. The molecule has 0 radical (unpaired) electrons. The van der Waals surface area contributed by atoms with Crippen molar-refractivity contribution in [3.8, 4) is 0 Å². The summed E-state index contributed by atoms with van der Waals surface area (Å²) in [5.74, 6) is -0.249. The fourth-order valence-corrected chi connectivity index (χ4v) is 2.90. The molecule has 0 bridgehead atoms. The highest BCUT2D eigenvalue weighted by molar-refractivity contribution is 6.31. The van der Waals surface area contributed by atoms with Crippen LogP contribution < -0.4 is 5.32 Å². The maximum absolute atomic E-state index is 11.3. The van der Waals surface area contributed by atoms with Crippen LogP contribution in [0.1, 0.15) is 35.6 Å². The number of imidazole rings is 1. The van der Waals surface area contributed by atoms with Gasteiger partial charge in [-0.3, -0.25) is 0 Å². The number of aromatic nitrogens is 2. The van der Waals surface area contributed by atoms with Gasteiger partial charge in [-0.05, 0) is 31.5 Å². The number of pyridine rings is 1. The molecule has 1 unspecified atom stereocenters. The molecule has 1 fully saturated rings. The molecule has 0 spiro atoms. The Balaban J connectivity index is 1.99. The molecule has 1 aliphatic heterocycles. The molecule has 106 valence electrons. The molecule has 1 atom stereocenters. The van der Waals surface area contributed by atoms with Crippen LogP contribution in [0.15, 0.2) is 18.3 Å². The fourth-order valence-electron chi connectivity index (χ4n) is 2.74. The molecule has 0 amide bonds. The Morgan fingerprint density at radius 2 is 2.40 bits per heavy atom. The molecule has 1 aliphatic rings. The van der Waals surface area contributed by atoms with Gasteiger partial charge in [0.2, 0.25) is 0 Å². The summed E-state index contributed by atoms with van der Waals surface area (Å²) in [6, 6.07) is 3.77. The summed E-state index contributed by atoms with van der Waals surface area (Å²) >= 11 is 5.95. The molecule has 3 heterocycles. The van der Waals surface area contributed by atoms with Crippen LogP contribution >= 0.6 is 11.6 Å². The highest BCUT2D eigenvalue weighted by atomic mass is 35.5. The number of carbonyl (C=O) groups is 1. The lowest BCUT2D eigenvalue weighted by molar-refractivity contribution is 0.0693. The van der Waals surface area contributed by atoms with Gasteiger partial charge in [-0.15, -0.1) is 0 Å². The lowest BCUT2D eigenvalue weighted by Crippen LogP contribution is -2.36. The van der Waals surface area contributed by atoms with Gasteiger partial charge in [0.05, 0.1) is 5.52 Å². The van der Waals surface area contributed by atoms with Gasteiger partial charge in [-0.25, -0.2) is 9.78 Å². The molecule has 6 heteroatoms. The van der Waals surface area contributed by atoms with Gasteiger partial charge >= 0.3 is 5.97 Å². The second-order valence-corrected chi connectivity index (χ2v) is 5.57. The van der Waals surface area contributed by atoms with Crippen LogP contribution in [0, 0.1) is 0 Å². The molecular formula is C14H16ClN3O2. The third kappa shape index (κ3) is 2.51. The van der Waals surface area contributed by atoms with Crippen LogP contribution in [-0.4, -0.2) is 33.0 Å². The van der Waals surface area contributed by atoms with E-state index in [9.17, 15) is 9.90 Å². The minimum Gasteiger partial charge on any atom is -0.476 e. The second kappa shape index (κ2) is 5.42. The predicted molar refractivity (Wildman–Crippen MR) is 76.5 cm³/mol. The number of nitrogens with one attached hydrogen (secondary N) is 1. The number of carboxylic acids is 1. The van der Waals surface area contributed by atoms with E-state index in [1.807, 2.05) is 4.40 Å². The highest BCUT2D eigenvalue weighted by Crippen LogP contribution is 2.20. The number of fused-ring (bicyclic) bond motifs is 1. The molecule has 0 aromatic carbocycles. The Morgan fingerprint density at radius 1 is 1.55 bits per heavy atom. The van der Waals surface area contributed by atoms with Gasteiger partial charge in [-0.2, -0.15) is 0 Å². The largest absolute Gasteiger partial charge is 0.476 e. The molecule has 3 rings (SSSR count). The van der Waals surface area contributed by atoms with E-state index in [1.54, 1.807) is 18.3 Å². The SMILES string of the molecule is O=C(O)c1nc(CC2CCCCN2)n2ccc(Cl)cc12. The van der Waals surface area contributed by atoms with Crippen LogP contribution in [0.25, 0.3) is 5.52 Å². The quantitative estimate of drug-likeness (QED) is 0.912. The summed E-state index contributed by atoms with van der Waals surface area (Å²) in [4.78, 5) is 15.6. The van der Waals surface area contributed by atoms with Crippen molar-refractivity contribution < 1.29 is 9.90 Å². The van der Waals surface area contributed by atoms with E-state index in [0.717, 1.165) is 25.2 Å². The van der Waals surface area contributed by atoms with Gasteiger partial charge in [0.25, 0.3) is 0 Å².